The van der Waals surface area contributed by atoms with Crippen LogP contribution in [0.25, 0.3) is 21.9 Å². The van der Waals surface area contributed by atoms with Crippen LogP contribution in [0.3, 0.4) is 0 Å². The zero-order valence-electron chi connectivity index (χ0n) is 17.3. The van der Waals surface area contributed by atoms with Gasteiger partial charge in [0.1, 0.15) is 11.2 Å². The molecular formula is C23H27NO4. The highest BCUT2D eigenvalue weighted by Gasteiger charge is 2.26. The molecule has 2 aromatic heterocycles. The summed E-state index contributed by atoms with van der Waals surface area (Å²) in [6.45, 7) is 11.9. The third kappa shape index (κ3) is 2.93. The van der Waals surface area contributed by atoms with Crippen molar-refractivity contribution in [2.75, 3.05) is 13.1 Å². The first-order chi connectivity index (χ1) is 13.2. The van der Waals surface area contributed by atoms with Crippen molar-refractivity contribution < 1.29 is 13.6 Å². The molecule has 0 aliphatic carbocycles. The largest absolute Gasteiger partial charge is 0.463 e. The van der Waals surface area contributed by atoms with Crippen LogP contribution in [-0.2, 0) is 16.6 Å². The molecule has 5 heteroatoms. The van der Waals surface area contributed by atoms with Crippen molar-refractivity contribution in [2.24, 2.45) is 0 Å². The van der Waals surface area contributed by atoms with E-state index in [-0.39, 0.29) is 17.7 Å². The Morgan fingerprint density at radius 1 is 1.14 bits per heavy atom. The van der Waals surface area contributed by atoms with Crippen LogP contribution in [-0.4, -0.2) is 23.9 Å². The minimum atomic E-state index is -0.432. The fraction of sp³-hybridized carbons (Fsp3) is 0.478. The third-order valence-electron chi connectivity index (χ3n) is 5.88. The van der Waals surface area contributed by atoms with Crippen LogP contribution >= 0.6 is 0 Å². The highest BCUT2D eigenvalue weighted by Crippen LogP contribution is 2.39. The summed E-state index contributed by atoms with van der Waals surface area (Å²) >= 11 is 0. The number of hydrogen-bond acceptors (Lipinski definition) is 4. The summed E-state index contributed by atoms with van der Waals surface area (Å²) in [5.74, 6) is -0.00886. The zero-order chi connectivity index (χ0) is 20.2. The van der Waals surface area contributed by atoms with Gasteiger partial charge in [0.2, 0.25) is 5.91 Å². The molecule has 1 aliphatic rings. The summed E-state index contributed by atoms with van der Waals surface area (Å²) in [5, 5.41) is 1.86. The van der Waals surface area contributed by atoms with Gasteiger partial charge in [0.05, 0.1) is 23.6 Å². The first-order valence-electron chi connectivity index (χ1n) is 9.94. The van der Waals surface area contributed by atoms with Gasteiger partial charge in [0.25, 0.3) is 0 Å². The van der Waals surface area contributed by atoms with Crippen LogP contribution in [0, 0.1) is 13.8 Å². The molecule has 3 heterocycles. The lowest BCUT2D eigenvalue weighted by molar-refractivity contribution is -0.129. The summed E-state index contributed by atoms with van der Waals surface area (Å²) in [6.07, 6.45) is 3.93. The molecule has 0 radical (unpaired) electrons. The maximum atomic E-state index is 12.6. The van der Waals surface area contributed by atoms with E-state index in [1.165, 1.54) is 0 Å². The second-order valence-electron chi connectivity index (χ2n) is 8.93. The Morgan fingerprint density at radius 2 is 1.82 bits per heavy atom. The minimum Gasteiger partial charge on any atom is -0.463 e. The summed E-state index contributed by atoms with van der Waals surface area (Å²) < 4.78 is 11.6. The summed E-state index contributed by atoms with van der Waals surface area (Å²) in [5.41, 5.74) is 4.10. The molecule has 1 aliphatic heterocycles. The number of furan rings is 1. The Bertz CT molecular complexity index is 1140. The maximum Gasteiger partial charge on any atom is 0.340 e. The molecule has 0 unspecified atom stereocenters. The molecule has 28 heavy (non-hydrogen) atoms. The molecule has 4 rings (SSSR count). The predicted octanol–water partition coefficient (Wildman–Crippen LogP) is 4.62. The Hall–Kier alpha value is -2.56. The van der Waals surface area contributed by atoms with Gasteiger partial charge in [0.15, 0.2) is 0 Å². The Labute approximate surface area is 164 Å². The maximum absolute atomic E-state index is 12.6. The summed E-state index contributed by atoms with van der Waals surface area (Å²) in [6, 6.07) is 1.91. The quantitative estimate of drug-likeness (QED) is 0.608. The smallest absolute Gasteiger partial charge is 0.340 e. The molecule has 1 amide bonds. The van der Waals surface area contributed by atoms with Gasteiger partial charge in [-0.1, -0.05) is 20.8 Å². The van der Waals surface area contributed by atoms with Gasteiger partial charge in [0, 0.05) is 24.0 Å². The topological polar surface area (TPSA) is 63.7 Å². The van der Waals surface area contributed by atoms with Crippen LogP contribution in [0.15, 0.2) is 26.0 Å². The van der Waals surface area contributed by atoms with E-state index in [1.54, 1.807) is 6.26 Å². The van der Waals surface area contributed by atoms with E-state index in [0.29, 0.717) is 11.1 Å². The number of nitrogens with zero attached hydrogens (tertiary/aromatic N) is 1. The van der Waals surface area contributed by atoms with Crippen molar-refractivity contribution in [1.82, 2.24) is 4.90 Å². The zero-order valence-corrected chi connectivity index (χ0v) is 17.3. The number of benzene rings is 1. The second kappa shape index (κ2) is 6.50. The SMILES string of the molecule is Cc1cc2oc(=O)c(CC(=O)N3CCCC3)c(C)c2c2occ(C(C)(C)C)c12. The van der Waals surface area contributed by atoms with E-state index in [0.717, 1.165) is 59.0 Å². The van der Waals surface area contributed by atoms with Gasteiger partial charge in [-0.3, -0.25) is 4.79 Å². The summed E-state index contributed by atoms with van der Waals surface area (Å²) in [4.78, 5) is 27.1. The van der Waals surface area contributed by atoms with Gasteiger partial charge >= 0.3 is 5.63 Å². The molecule has 1 fully saturated rings. The van der Waals surface area contributed by atoms with Crippen LogP contribution in [0.1, 0.15) is 55.9 Å². The average Bonchev–Trinajstić information content (AvgIpc) is 3.27. The number of amides is 1. The third-order valence-corrected chi connectivity index (χ3v) is 5.88. The molecule has 0 spiro atoms. The van der Waals surface area contributed by atoms with Crippen molar-refractivity contribution in [2.45, 2.75) is 59.3 Å². The molecule has 0 saturated carbocycles. The molecule has 148 valence electrons. The Morgan fingerprint density at radius 3 is 2.46 bits per heavy atom. The number of fused-ring (bicyclic) bond motifs is 3. The molecule has 0 bridgehead atoms. The lowest BCUT2D eigenvalue weighted by atomic mass is 9.85. The standard InChI is InChI=1S/C23H27NO4/c1-13-10-17-20(21-19(13)16(12-27-21)23(3,4)5)14(2)15(22(26)28-17)11-18(25)24-8-6-7-9-24/h10,12H,6-9,11H2,1-5H3. The van der Waals surface area contributed by atoms with Gasteiger partial charge in [-0.15, -0.1) is 0 Å². The van der Waals surface area contributed by atoms with E-state index in [4.69, 9.17) is 8.83 Å². The molecule has 1 aromatic carbocycles. The van der Waals surface area contributed by atoms with E-state index in [2.05, 4.69) is 20.8 Å². The number of aryl methyl sites for hydroxylation is 2. The minimum absolute atomic E-state index is 0.00886. The molecule has 3 aromatic rings. The molecular weight excluding hydrogens is 354 g/mol. The number of hydrogen-bond donors (Lipinski definition) is 0. The highest BCUT2D eigenvalue weighted by molar-refractivity contribution is 6.07. The van der Waals surface area contributed by atoms with E-state index < -0.39 is 5.63 Å². The van der Waals surface area contributed by atoms with Crippen LogP contribution in [0.2, 0.25) is 0 Å². The molecule has 0 N–H and O–H groups in total. The average molecular weight is 381 g/mol. The fourth-order valence-corrected chi connectivity index (χ4v) is 4.27. The number of likely N-dealkylation sites (tertiary alicyclic amines) is 1. The van der Waals surface area contributed by atoms with E-state index >= 15 is 0 Å². The van der Waals surface area contributed by atoms with E-state index in [9.17, 15) is 9.59 Å². The molecule has 5 nitrogen and oxygen atoms in total. The Balaban J connectivity index is 1.93. The van der Waals surface area contributed by atoms with Crippen LogP contribution < -0.4 is 5.63 Å². The first kappa shape index (κ1) is 18.8. The van der Waals surface area contributed by atoms with Crippen molar-refractivity contribution in [3.8, 4) is 0 Å². The number of rotatable bonds is 2. The van der Waals surface area contributed by atoms with Crippen LogP contribution in [0.5, 0.6) is 0 Å². The fourth-order valence-electron chi connectivity index (χ4n) is 4.27. The van der Waals surface area contributed by atoms with Crippen molar-refractivity contribution in [1.29, 1.82) is 0 Å². The van der Waals surface area contributed by atoms with Crippen molar-refractivity contribution in [3.05, 3.63) is 45.0 Å². The van der Waals surface area contributed by atoms with Gasteiger partial charge in [-0.05, 0) is 49.3 Å². The number of carbonyl (C=O) groups is 1. The van der Waals surface area contributed by atoms with Crippen molar-refractivity contribution in [3.63, 3.8) is 0 Å². The summed E-state index contributed by atoms with van der Waals surface area (Å²) in [7, 11) is 0. The van der Waals surface area contributed by atoms with Crippen LogP contribution in [0.4, 0.5) is 0 Å². The van der Waals surface area contributed by atoms with Crippen molar-refractivity contribution >= 4 is 27.8 Å². The molecule has 0 atom stereocenters. The lowest BCUT2D eigenvalue weighted by Crippen LogP contribution is -2.31. The normalized spacial score (nSPS) is 15.1. The number of carbonyl (C=O) groups excluding carboxylic acids is 1. The Kier molecular flexibility index (Phi) is 4.36. The van der Waals surface area contributed by atoms with Gasteiger partial charge in [-0.2, -0.15) is 0 Å². The lowest BCUT2D eigenvalue weighted by Gasteiger charge is -2.18. The van der Waals surface area contributed by atoms with Gasteiger partial charge < -0.3 is 13.7 Å². The predicted molar refractivity (Wildman–Crippen MR) is 110 cm³/mol. The molecule has 1 saturated heterocycles. The monoisotopic (exact) mass is 381 g/mol. The van der Waals surface area contributed by atoms with E-state index in [1.807, 2.05) is 24.8 Å². The first-order valence-corrected chi connectivity index (χ1v) is 9.94. The van der Waals surface area contributed by atoms with Gasteiger partial charge in [-0.25, -0.2) is 4.79 Å². The highest BCUT2D eigenvalue weighted by atomic mass is 16.4. The second-order valence-corrected chi connectivity index (χ2v) is 8.93.